The first kappa shape index (κ1) is 15.9. The molecule has 7 nitrogen and oxygen atoms in total. The molecule has 3 aromatic rings. The largest absolute Gasteiger partial charge is 0.330 e. The highest BCUT2D eigenvalue weighted by Gasteiger charge is 2.23. The van der Waals surface area contributed by atoms with Crippen molar-refractivity contribution in [3.8, 4) is 0 Å². The van der Waals surface area contributed by atoms with E-state index < -0.39 is 0 Å². The van der Waals surface area contributed by atoms with Crippen LogP contribution in [0.3, 0.4) is 0 Å². The molecule has 8 heteroatoms. The molecule has 0 aliphatic carbocycles. The lowest BCUT2D eigenvalue weighted by molar-refractivity contribution is -0.892. The number of rotatable bonds is 4. The zero-order chi connectivity index (χ0) is 17.1. The smallest absolute Gasteiger partial charge is 0.281 e. The minimum absolute atomic E-state index is 0.0125. The van der Waals surface area contributed by atoms with Crippen molar-refractivity contribution in [2.45, 2.75) is 0 Å². The van der Waals surface area contributed by atoms with E-state index in [2.05, 4.69) is 25.2 Å². The Morgan fingerprint density at radius 3 is 2.68 bits per heavy atom. The molecule has 128 valence electrons. The van der Waals surface area contributed by atoms with Crippen LogP contribution in [-0.2, 0) is 4.79 Å². The first-order valence-corrected chi connectivity index (χ1v) is 9.10. The number of carbonyl (C=O) groups excluding carboxylic acids is 1. The highest BCUT2D eigenvalue weighted by molar-refractivity contribution is 7.22. The summed E-state index contributed by atoms with van der Waals surface area (Å²) in [5.74, 6) is 0.777. The number of anilines is 2. The first-order valence-electron chi connectivity index (χ1n) is 8.29. The van der Waals surface area contributed by atoms with Gasteiger partial charge in [0, 0.05) is 12.4 Å². The van der Waals surface area contributed by atoms with Crippen LogP contribution in [0.1, 0.15) is 0 Å². The SMILES string of the molecule is O=C(C[NH+]1CCN(c2ncccn2)CC1)Nc1nc2ccccc2s1. The average Bonchev–Trinajstić information content (AvgIpc) is 3.05. The third kappa shape index (κ3) is 3.75. The number of piperazine rings is 1. The number of benzene rings is 1. The summed E-state index contributed by atoms with van der Waals surface area (Å²) in [7, 11) is 0. The third-order valence-electron chi connectivity index (χ3n) is 4.26. The van der Waals surface area contributed by atoms with Gasteiger partial charge in [-0.25, -0.2) is 15.0 Å². The molecule has 2 aromatic heterocycles. The van der Waals surface area contributed by atoms with E-state index in [4.69, 9.17) is 0 Å². The van der Waals surface area contributed by atoms with Gasteiger partial charge in [-0.2, -0.15) is 0 Å². The fourth-order valence-electron chi connectivity index (χ4n) is 2.97. The van der Waals surface area contributed by atoms with Crippen molar-refractivity contribution in [1.29, 1.82) is 0 Å². The number of nitrogens with zero attached hydrogens (tertiary/aromatic N) is 4. The molecule has 0 unspecified atom stereocenters. The second-order valence-corrected chi connectivity index (χ2v) is 7.03. The van der Waals surface area contributed by atoms with Gasteiger partial charge in [0.05, 0.1) is 36.4 Å². The molecule has 0 atom stereocenters. The van der Waals surface area contributed by atoms with Crippen molar-refractivity contribution in [3.63, 3.8) is 0 Å². The fraction of sp³-hybridized carbons (Fsp3) is 0.294. The van der Waals surface area contributed by atoms with Crippen molar-refractivity contribution < 1.29 is 9.69 Å². The minimum atomic E-state index is 0.0125. The van der Waals surface area contributed by atoms with Gasteiger partial charge in [0.25, 0.3) is 5.91 Å². The standard InChI is InChI=1S/C17H18N6OS/c24-15(21-17-20-13-4-1-2-5-14(13)25-17)12-22-8-10-23(11-9-22)16-18-6-3-7-19-16/h1-7H,8-12H2,(H,20,21,24)/p+1. The van der Waals surface area contributed by atoms with E-state index in [9.17, 15) is 4.79 Å². The summed E-state index contributed by atoms with van der Waals surface area (Å²) in [5.41, 5.74) is 0.923. The summed E-state index contributed by atoms with van der Waals surface area (Å²) >= 11 is 1.51. The number of thiazole rings is 1. The van der Waals surface area contributed by atoms with E-state index >= 15 is 0 Å². The van der Waals surface area contributed by atoms with Crippen molar-refractivity contribution in [3.05, 3.63) is 42.7 Å². The van der Waals surface area contributed by atoms with E-state index in [1.807, 2.05) is 30.3 Å². The van der Waals surface area contributed by atoms with Crippen LogP contribution in [0.25, 0.3) is 10.2 Å². The molecule has 2 N–H and O–H groups in total. The van der Waals surface area contributed by atoms with Gasteiger partial charge in [0.15, 0.2) is 11.7 Å². The molecule has 1 fully saturated rings. The van der Waals surface area contributed by atoms with E-state index in [1.165, 1.54) is 16.2 Å². The Morgan fingerprint density at radius 2 is 1.92 bits per heavy atom. The van der Waals surface area contributed by atoms with Crippen molar-refractivity contribution in [2.75, 3.05) is 42.9 Å². The summed E-state index contributed by atoms with van der Waals surface area (Å²) in [6.07, 6.45) is 3.51. The minimum Gasteiger partial charge on any atom is -0.330 e. The van der Waals surface area contributed by atoms with Crippen LogP contribution in [0.2, 0.25) is 0 Å². The maximum absolute atomic E-state index is 12.3. The summed E-state index contributed by atoms with van der Waals surface area (Å²) in [6, 6.07) is 9.72. The maximum atomic E-state index is 12.3. The van der Waals surface area contributed by atoms with E-state index in [0.717, 1.165) is 42.3 Å². The van der Waals surface area contributed by atoms with Crippen molar-refractivity contribution in [1.82, 2.24) is 15.0 Å². The van der Waals surface area contributed by atoms with Gasteiger partial charge in [0.1, 0.15) is 0 Å². The fourth-order valence-corrected chi connectivity index (χ4v) is 3.85. The second-order valence-electron chi connectivity index (χ2n) is 6.00. The Bertz CT molecular complexity index is 827. The van der Waals surface area contributed by atoms with E-state index in [1.54, 1.807) is 12.4 Å². The molecule has 0 bridgehead atoms. The number of amides is 1. The molecule has 1 amide bonds. The van der Waals surface area contributed by atoms with Crippen molar-refractivity contribution in [2.24, 2.45) is 0 Å². The molecule has 4 rings (SSSR count). The molecule has 0 radical (unpaired) electrons. The molecular formula is C17H19N6OS+. The lowest BCUT2D eigenvalue weighted by atomic mass is 10.3. The van der Waals surface area contributed by atoms with Crippen LogP contribution >= 0.6 is 11.3 Å². The molecule has 0 spiro atoms. The second kappa shape index (κ2) is 7.12. The molecule has 1 aromatic carbocycles. The normalized spacial score (nSPS) is 15.4. The molecule has 0 saturated carbocycles. The molecule has 1 aliphatic heterocycles. The Kier molecular flexibility index (Phi) is 4.53. The number of hydrogen-bond acceptors (Lipinski definition) is 6. The average molecular weight is 355 g/mol. The van der Waals surface area contributed by atoms with Gasteiger partial charge in [-0.05, 0) is 18.2 Å². The van der Waals surface area contributed by atoms with Gasteiger partial charge in [-0.1, -0.05) is 23.5 Å². The first-order chi connectivity index (χ1) is 12.3. The topological polar surface area (TPSA) is 75.5 Å². The maximum Gasteiger partial charge on any atom is 0.281 e. The van der Waals surface area contributed by atoms with Gasteiger partial charge in [-0.3, -0.25) is 10.1 Å². The van der Waals surface area contributed by atoms with Crippen LogP contribution in [0.15, 0.2) is 42.7 Å². The Balaban J connectivity index is 1.30. The van der Waals surface area contributed by atoms with E-state index in [-0.39, 0.29) is 5.91 Å². The lowest BCUT2D eigenvalue weighted by Crippen LogP contribution is -3.15. The Morgan fingerprint density at radius 1 is 1.16 bits per heavy atom. The van der Waals surface area contributed by atoms with Crippen molar-refractivity contribution >= 4 is 38.5 Å². The monoisotopic (exact) mass is 355 g/mol. The number of aromatic nitrogens is 3. The van der Waals surface area contributed by atoms with Crippen LogP contribution in [0.4, 0.5) is 11.1 Å². The summed E-state index contributed by atoms with van der Waals surface area (Å²) < 4.78 is 1.08. The van der Waals surface area contributed by atoms with Gasteiger partial charge in [0.2, 0.25) is 5.95 Å². The predicted molar refractivity (Wildman–Crippen MR) is 98.1 cm³/mol. The third-order valence-corrected chi connectivity index (χ3v) is 5.21. The highest BCUT2D eigenvalue weighted by atomic mass is 32.1. The number of fused-ring (bicyclic) bond motifs is 1. The predicted octanol–water partition coefficient (Wildman–Crippen LogP) is 0.430. The van der Waals surface area contributed by atoms with Crippen LogP contribution in [0.5, 0.6) is 0 Å². The molecule has 25 heavy (non-hydrogen) atoms. The summed E-state index contributed by atoms with van der Waals surface area (Å²) in [4.78, 5) is 28.8. The molecular weight excluding hydrogens is 336 g/mol. The summed E-state index contributed by atoms with van der Waals surface area (Å²) in [6.45, 7) is 3.96. The van der Waals surface area contributed by atoms with Crippen LogP contribution < -0.4 is 15.1 Å². The molecule has 1 aliphatic rings. The zero-order valence-corrected chi connectivity index (χ0v) is 14.5. The number of nitrogens with one attached hydrogen (secondary N) is 2. The Hall–Kier alpha value is -2.58. The van der Waals surface area contributed by atoms with Gasteiger partial charge in [-0.15, -0.1) is 0 Å². The number of hydrogen-bond donors (Lipinski definition) is 2. The quantitative estimate of drug-likeness (QED) is 0.710. The highest BCUT2D eigenvalue weighted by Crippen LogP contribution is 2.25. The number of quaternary nitrogens is 1. The van der Waals surface area contributed by atoms with Gasteiger partial charge < -0.3 is 9.80 Å². The van der Waals surface area contributed by atoms with Gasteiger partial charge >= 0.3 is 0 Å². The summed E-state index contributed by atoms with van der Waals surface area (Å²) in [5, 5.41) is 3.60. The molecule has 3 heterocycles. The molecule has 1 saturated heterocycles. The van der Waals surface area contributed by atoms with Crippen LogP contribution in [0, 0.1) is 0 Å². The Labute approximate surface area is 149 Å². The lowest BCUT2D eigenvalue weighted by Gasteiger charge is -2.31. The van der Waals surface area contributed by atoms with E-state index in [0.29, 0.717) is 11.7 Å². The number of carbonyl (C=O) groups is 1. The number of para-hydroxylation sites is 1. The zero-order valence-electron chi connectivity index (χ0n) is 13.7. The van der Waals surface area contributed by atoms with Crippen LogP contribution in [-0.4, -0.2) is 53.6 Å².